The van der Waals surface area contributed by atoms with Crippen LogP contribution in [0.25, 0.3) is 21.5 Å². The molecule has 0 fully saturated rings. The highest BCUT2D eigenvalue weighted by Gasteiger charge is 2.21. The fourth-order valence-corrected chi connectivity index (χ4v) is 5.59. The fraction of sp³-hybridized carbons (Fsp3) is 0.133. The maximum absolute atomic E-state index is 2.51. The highest BCUT2D eigenvalue weighted by molar-refractivity contribution is 5.98. The van der Waals surface area contributed by atoms with E-state index in [9.17, 15) is 0 Å². The predicted molar refractivity (Wildman–Crippen MR) is 126 cm³/mol. The van der Waals surface area contributed by atoms with Gasteiger partial charge in [0, 0.05) is 0 Å². The van der Waals surface area contributed by atoms with Gasteiger partial charge in [-0.05, 0) is 104 Å². The second-order valence-corrected chi connectivity index (χ2v) is 9.03. The molecule has 0 N–H and O–H groups in total. The predicted octanol–water partition coefficient (Wildman–Crippen LogP) is 6.98. The second kappa shape index (κ2) is 6.06. The molecule has 2 aliphatic rings. The Kier molecular flexibility index (Phi) is 3.32. The van der Waals surface area contributed by atoms with Crippen LogP contribution in [0.5, 0.6) is 0 Å². The zero-order valence-corrected chi connectivity index (χ0v) is 16.9. The van der Waals surface area contributed by atoms with Crippen LogP contribution in [-0.4, -0.2) is 0 Å². The van der Waals surface area contributed by atoms with Crippen LogP contribution in [0.1, 0.15) is 44.5 Å². The quantitative estimate of drug-likeness (QED) is 0.248. The van der Waals surface area contributed by atoms with Gasteiger partial charge in [0.2, 0.25) is 0 Å². The van der Waals surface area contributed by atoms with Gasteiger partial charge < -0.3 is 0 Å². The molecule has 0 aliphatic heterocycles. The fourth-order valence-electron chi connectivity index (χ4n) is 5.59. The van der Waals surface area contributed by atoms with Crippen molar-refractivity contribution in [2.45, 2.75) is 25.7 Å². The Morgan fingerprint density at radius 2 is 0.667 bits per heavy atom. The minimum atomic E-state index is 1.06. The van der Waals surface area contributed by atoms with Gasteiger partial charge in [-0.15, -0.1) is 0 Å². The van der Waals surface area contributed by atoms with E-state index in [1.54, 1.807) is 0 Å². The van der Waals surface area contributed by atoms with Crippen molar-refractivity contribution in [3.8, 4) is 0 Å². The normalized spacial score (nSPS) is 14.1. The van der Waals surface area contributed by atoms with Crippen molar-refractivity contribution in [2.24, 2.45) is 0 Å². The van der Waals surface area contributed by atoms with Gasteiger partial charge >= 0.3 is 0 Å². The van der Waals surface area contributed by atoms with Gasteiger partial charge in [-0.1, -0.05) is 72.8 Å². The molecule has 0 nitrogen and oxygen atoms in total. The second-order valence-electron chi connectivity index (χ2n) is 9.03. The largest absolute Gasteiger partial charge is 0.0620 e. The van der Waals surface area contributed by atoms with Crippen molar-refractivity contribution in [2.75, 3.05) is 0 Å². The maximum Gasteiger partial charge on any atom is -0.00197 e. The van der Waals surface area contributed by atoms with E-state index in [4.69, 9.17) is 0 Å². The van der Waals surface area contributed by atoms with Crippen LogP contribution < -0.4 is 0 Å². The van der Waals surface area contributed by atoms with Crippen LogP contribution in [0.3, 0.4) is 0 Å². The highest BCUT2D eigenvalue weighted by atomic mass is 14.3. The van der Waals surface area contributed by atoms with Gasteiger partial charge in [0.15, 0.2) is 0 Å². The van der Waals surface area contributed by atoms with E-state index in [1.165, 1.54) is 66.1 Å². The van der Waals surface area contributed by atoms with Gasteiger partial charge in [-0.2, -0.15) is 0 Å². The Bertz CT molecular complexity index is 1370. The van der Waals surface area contributed by atoms with Crippen LogP contribution >= 0.6 is 0 Å². The smallest absolute Gasteiger partial charge is 0.00197 e. The number of benzene rings is 5. The topological polar surface area (TPSA) is 0 Å². The molecule has 5 aromatic rings. The first-order chi connectivity index (χ1) is 14.8. The molecule has 142 valence electrons. The minimum absolute atomic E-state index is 1.06. The molecule has 5 aromatic carbocycles. The van der Waals surface area contributed by atoms with E-state index in [1.807, 2.05) is 0 Å². The molecule has 0 saturated heterocycles. The molecule has 30 heavy (non-hydrogen) atoms. The zero-order valence-electron chi connectivity index (χ0n) is 16.9. The zero-order chi connectivity index (χ0) is 19.7. The van der Waals surface area contributed by atoms with Crippen LogP contribution in [0.15, 0.2) is 84.9 Å². The van der Waals surface area contributed by atoms with E-state index < -0.39 is 0 Å². The number of hydrogen-bond donors (Lipinski definition) is 0. The standard InChI is InChI=1S/C30H22/c1-2-6-20-10-24-14-28-18-30-16-26-12-22-8-4-3-7-21(22)11-25(26)15-29(30)17-27(28)13-23(24)9-19(20)5-1/h1-10,13-16H,11-12,17-18H2. The van der Waals surface area contributed by atoms with Crippen molar-refractivity contribution >= 4 is 21.5 Å². The van der Waals surface area contributed by atoms with E-state index >= 15 is 0 Å². The first kappa shape index (κ1) is 16.4. The Hall–Kier alpha value is -3.38. The maximum atomic E-state index is 2.51. The summed E-state index contributed by atoms with van der Waals surface area (Å²) in [5, 5.41) is 5.38. The lowest BCUT2D eigenvalue weighted by Crippen LogP contribution is -2.13. The molecule has 0 unspecified atom stereocenters. The summed E-state index contributed by atoms with van der Waals surface area (Å²) in [7, 11) is 0. The Labute approximate surface area is 176 Å². The summed E-state index contributed by atoms with van der Waals surface area (Å²) in [6.45, 7) is 0. The molecule has 7 rings (SSSR count). The molecule has 0 heteroatoms. The minimum Gasteiger partial charge on any atom is -0.0620 e. The molecule has 0 atom stereocenters. The third kappa shape index (κ3) is 2.47. The molecule has 0 heterocycles. The average Bonchev–Trinajstić information content (AvgIpc) is 2.77. The summed E-state index contributed by atoms with van der Waals surface area (Å²) < 4.78 is 0. The van der Waals surface area contributed by atoms with Crippen molar-refractivity contribution < 1.29 is 0 Å². The number of fused-ring (bicyclic) bond motifs is 6. The lowest BCUT2D eigenvalue weighted by atomic mass is 9.79. The Balaban J connectivity index is 1.33. The molecular weight excluding hydrogens is 360 g/mol. The SMILES string of the molecule is c1ccc2c(c1)Cc1cc3c(cc1C2)Cc1cc2cc4ccccc4cc2cc1C3. The Morgan fingerprint density at radius 1 is 0.300 bits per heavy atom. The summed E-state index contributed by atoms with van der Waals surface area (Å²) in [5.41, 5.74) is 12.1. The lowest BCUT2D eigenvalue weighted by molar-refractivity contribution is 0.947. The summed E-state index contributed by atoms with van der Waals surface area (Å²) >= 11 is 0. The van der Waals surface area contributed by atoms with Crippen LogP contribution in [0.2, 0.25) is 0 Å². The highest BCUT2D eigenvalue weighted by Crippen LogP contribution is 2.36. The van der Waals surface area contributed by atoms with E-state index in [0.29, 0.717) is 0 Å². The summed E-state index contributed by atoms with van der Waals surface area (Å²) in [4.78, 5) is 0. The third-order valence-electron chi connectivity index (χ3n) is 7.19. The molecule has 2 aliphatic carbocycles. The first-order valence-electron chi connectivity index (χ1n) is 10.9. The molecule has 0 bridgehead atoms. The van der Waals surface area contributed by atoms with Crippen molar-refractivity contribution in [3.05, 3.63) is 129 Å². The molecule has 0 radical (unpaired) electrons. The monoisotopic (exact) mass is 382 g/mol. The number of hydrogen-bond acceptors (Lipinski definition) is 0. The van der Waals surface area contributed by atoms with Gasteiger partial charge in [0.1, 0.15) is 0 Å². The number of rotatable bonds is 0. The van der Waals surface area contributed by atoms with Gasteiger partial charge in [-0.25, -0.2) is 0 Å². The summed E-state index contributed by atoms with van der Waals surface area (Å²) in [6, 6.07) is 32.2. The molecule has 0 saturated carbocycles. The van der Waals surface area contributed by atoms with Crippen LogP contribution in [-0.2, 0) is 25.7 Å². The third-order valence-corrected chi connectivity index (χ3v) is 7.19. The van der Waals surface area contributed by atoms with Gasteiger partial charge in [0.05, 0.1) is 0 Å². The molecule has 0 spiro atoms. The Morgan fingerprint density at radius 3 is 1.13 bits per heavy atom. The summed E-state index contributed by atoms with van der Waals surface area (Å²) in [5.74, 6) is 0. The van der Waals surface area contributed by atoms with E-state index in [2.05, 4.69) is 84.9 Å². The molecule has 0 amide bonds. The first-order valence-corrected chi connectivity index (χ1v) is 10.9. The lowest BCUT2D eigenvalue weighted by Gasteiger charge is -2.26. The van der Waals surface area contributed by atoms with Crippen molar-refractivity contribution in [1.82, 2.24) is 0 Å². The van der Waals surface area contributed by atoms with Crippen molar-refractivity contribution in [3.63, 3.8) is 0 Å². The van der Waals surface area contributed by atoms with Crippen molar-refractivity contribution in [1.29, 1.82) is 0 Å². The van der Waals surface area contributed by atoms with E-state index in [0.717, 1.165) is 25.7 Å². The molecular formula is C30H22. The van der Waals surface area contributed by atoms with Gasteiger partial charge in [0.25, 0.3) is 0 Å². The molecule has 0 aromatic heterocycles. The average molecular weight is 383 g/mol. The summed E-state index contributed by atoms with van der Waals surface area (Å²) in [6.07, 6.45) is 4.27. The van der Waals surface area contributed by atoms with Gasteiger partial charge in [-0.3, -0.25) is 0 Å². The van der Waals surface area contributed by atoms with Crippen LogP contribution in [0.4, 0.5) is 0 Å². The van der Waals surface area contributed by atoms with E-state index in [-0.39, 0.29) is 0 Å². The van der Waals surface area contributed by atoms with Crippen LogP contribution in [0, 0.1) is 0 Å².